The quantitative estimate of drug-likeness (QED) is 0.771. The molecular weight excluding hydrogens is 186 g/mol. The van der Waals surface area contributed by atoms with Crippen LogP contribution in [0.5, 0.6) is 0 Å². The fourth-order valence-corrected chi connectivity index (χ4v) is 2.88. The van der Waals surface area contributed by atoms with Crippen LogP contribution < -0.4 is 0 Å². The molecule has 2 rings (SSSR count). The molecule has 0 aromatic rings. The van der Waals surface area contributed by atoms with Crippen LogP contribution >= 0.6 is 0 Å². The molecule has 1 aliphatic carbocycles. The Bertz CT molecular complexity index is 203. The zero-order valence-corrected chi connectivity index (χ0v) is 10.2. The van der Waals surface area contributed by atoms with Gasteiger partial charge in [-0.3, -0.25) is 0 Å². The standard InChI is InChI=1S/C13H25NO/c1-11(2)14-7-5-13(10-15,6-8-14)9-12-3-4-12/h11-12,15H,3-10H2,1-2H3. The van der Waals surface area contributed by atoms with E-state index >= 15 is 0 Å². The third-order valence-corrected chi connectivity index (χ3v) is 4.34. The summed E-state index contributed by atoms with van der Waals surface area (Å²) in [5.74, 6) is 0.947. The number of aliphatic hydroxyl groups is 1. The summed E-state index contributed by atoms with van der Waals surface area (Å²) in [5.41, 5.74) is 0.284. The Morgan fingerprint density at radius 1 is 1.27 bits per heavy atom. The first-order valence-corrected chi connectivity index (χ1v) is 6.50. The second-order valence-electron chi connectivity index (χ2n) is 5.94. The minimum atomic E-state index is 0.284. The number of rotatable bonds is 4. The molecule has 1 N–H and O–H groups in total. The van der Waals surface area contributed by atoms with Gasteiger partial charge in [-0.05, 0) is 57.5 Å². The van der Waals surface area contributed by atoms with E-state index in [0.717, 1.165) is 5.92 Å². The van der Waals surface area contributed by atoms with Gasteiger partial charge in [0.25, 0.3) is 0 Å². The molecule has 0 amide bonds. The van der Waals surface area contributed by atoms with Crippen LogP contribution in [0.25, 0.3) is 0 Å². The molecule has 1 heterocycles. The molecule has 0 radical (unpaired) electrons. The lowest BCUT2D eigenvalue weighted by Gasteiger charge is -2.42. The van der Waals surface area contributed by atoms with Crippen molar-refractivity contribution in [1.82, 2.24) is 4.90 Å². The van der Waals surface area contributed by atoms with Crippen LogP contribution in [0.15, 0.2) is 0 Å². The number of aliphatic hydroxyl groups excluding tert-OH is 1. The van der Waals surface area contributed by atoms with Crippen LogP contribution in [0.4, 0.5) is 0 Å². The Morgan fingerprint density at radius 3 is 2.27 bits per heavy atom. The summed E-state index contributed by atoms with van der Waals surface area (Å²) in [4.78, 5) is 2.54. The van der Waals surface area contributed by atoms with Crippen LogP contribution in [0.3, 0.4) is 0 Å². The average molecular weight is 211 g/mol. The first-order chi connectivity index (χ1) is 7.15. The van der Waals surface area contributed by atoms with Crippen molar-refractivity contribution in [2.75, 3.05) is 19.7 Å². The smallest absolute Gasteiger partial charge is 0.0488 e. The Labute approximate surface area is 93.7 Å². The molecular formula is C13H25NO. The molecule has 0 unspecified atom stereocenters. The van der Waals surface area contributed by atoms with Crippen molar-refractivity contribution in [1.29, 1.82) is 0 Å². The molecule has 15 heavy (non-hydrogen) atoms. The van der Waals surface area contributed by atoms with Crippen LogP contribution in [0.2, 0.25) is 0 Å². The van der Waals surface area contributed by atoms with Gasteiger partial charge >= 0.3 is 0 Å². The lowest BCUT2D eigenvalue weighted by Crippen LogP contribution is -2.45. The molecule has 0 aromatic heterocycles. The lowest BCUT2D eigenvalue weighted by atomic mass is 9.75. The lowest BCUT2D eigenvalue weighted by molar-refractivity contribution is 0.0227. The van der Waals surface area contributed by atoms with E-state index in [1.165, 1.54) is 45.2 Å². The van der Waals surface area contributed by atoms with Crippen molar-refractivity contribution in [3.05, 3.63) is 0 Å². The van der Waals surface area contributed by atoms with Gasteiger partial charge in [0.1, 0.15) is 0 Å². The first-order valence-electron chi connectivity index (χ1n) is 6.50. The van der Waals surface area contributed by atoms with E-state index in [-0.39, 0.29) is 5.41 Å². The Kier molecular flexibility index (Phi) is 3.36. The summed E-state index contributed by atoms with van der Waals surface area (Å²) in [6.07, 6.45) is 6.52. The minimum Gasteiger partial charge on any atom is -0.396 e. The summed E-state index contributed by atoms with van der Waals surface area (Å²) in [7, 11) is 0. The fourth-order valence-electron chi connectivity index (χ4n) is 2.88. The van der Waals surface area contributed by atoms with Crippen molar-refractivity contribution in [2.24, 2.45) is 11.3 Å². The van der Waals surface area contributed by atoms with Crippen molar-refractivity contribution in [3.63, 3.8) is 0 Å². The predicted octanol–water partition coefficient (Wildman–Crippen LogP) is 2.27. The molecule has 2 nitrogen and oxygen atoms in total. The Balaban J connectivity index is 1.87. The highest BCUT2D eigenvalue weighted by Crippen LogP contribution is 2.45. The van der Waals surface area contributed by atoms with Crippen molar-refractivity contribution in [2.45, 2.75) is 52.0 Å². The van der Waals surface area contributed by atoms with Gasteiger partial charge in [-0.2, -0.15) is 0 Å². The maximum atomic E-state index is 9.62. The van der Waals surface area contributed by atoms with E-state index in [0.29, 0.717) is 12.6 Å². The van der Waals surface area contributed by atoms with E-state index in [4.69, 9.17) is 0 Å². The Hall–Kier alpha value is -0.0800. The number of nitrogens with zero attached hydrogens (tertiary/aromatic N) is 1. The van der Waals surface area contributed by atoms with Gasteiger partial charge in [-0.15, -0.1) is 0 Å². The second-order valence-corrected chi connectivity index (χ2v) is 5.94. The van der Waals surface area contributed by atoms with Gasteiger partial charge in [-0.1, -0.05) is 12.8 Å². The highest BCUT2D eigenvalue weighted by atomic mass is 16.3. The maximum absolute atomic E-state index is 9.62. The monoisotopic (exact) mass is 211 g/mol. The third-order valence-electron chi connectivity index (χ3n) is 4.34. The maximum Gasteiger partial charge on any atom is 0.0488 e. The number of hydrogen-bond donors (Lipinski definition) is 1. The molecule has 88 valence electrons. The largest absolute Gasteiger partial charge is 0.396 e. The summed E-state index contributed by atoms with van der Waals surface area (Å²) in [6, 6.07) is 0.669. The number of likely N-dealkylation sites (tertiary alicyclic amines) is 1. The summed E-state index contributed by atoms with van der Waals surface area (Å²) < 4.78 is 0. The molecule has 2 fully saturated rings. The fraction of sp³-hybridized carbons (Fsp3) is 1.00. The summed E-state index contributed by atoms with van der Waals surface area (Å²) in [6.45, 7) is 7.32. The second kappa shape index (κ2) is 4.42. The zero-order chi connectivity index (χ0) is 10.9. The number of hydrogen-bond acceptors (Lipinski definition) is 2. The molecule has 1 saturated carbocycles. The topological polar surface area (TPSA) is 23.5 Å². The molecule has 2 heteroatoms. The van der Waals surface area contributed by atoms with Gasteiger partial charge in [0.15, 0.2) is 0 Å². The van der Waals surface area contributed by atoms with E-state index in [1.807, 2.05) is 0 Å². The predicted molar refractivity (Wildman–Crippen MR) is 62.8 cm³/mol. The number of piperidine rings is 1. The minimum absolute atomic E-state index is 0.284. The molecule has 1 saturated heterocycles. The van der Waals surface area contributed by atoms with Gasteiger partial charge in [0.2, 0.25) is 0 Å². The molecule has 0 atom stereocenters. The highest BCUT2D eigenvalue weighted by molar-refractivity contribution is 4.91. The van der Waals surface area contributed by atoms with Crippen LogP contribution in [-0.2, 0) is 0 Å². The summed E-state index contributed by atoms with van der Waals surface area (Å²) in [5, 5.41) is 9.62. The van der Waals surface area contributed by atoms with Crippen LogP contribution in [-0.4, -0.2) is 35.7 Å². The van der Waals surface area contributed by atoms with Crippen LogP contribution in [0, 0.1) is 11.3 Å². The van der Waals surface area contributed by atoms with Gasteiger partial charge in [-0.25, -0.2) is 0 Å². The van der Waals surface area contributed by atoms with Gasteiger partial charge < -0.3 is 10.0 Å². The molecule has 0 bridgehead atoms. The van der Waals surface area contributed by atoms with Crippen molar-refractivity contribution >= 4 is 0 Å². The average Bonchev–Trinajstić information content (AvgIpc) is 3.02. The first kappa shape index (κ1) is 11.4. The van der Waals surface area contributed by atoms with E-state index in [2.05, 4.69) is 18.7 Å². The van der Waals surface area contributed by atoms with Gasteiger partial charge in [0, 0.05) is 12.6 Å². The SMILES string of the molecule is CC(C)N1CCC(CO)(CC2CC2)CC1. The van der Waals surface area contributed by atoms with Crippen molar-refractivity contribution in [3.8, 4) is 0 Å². The van der Waals surface area contributed by atoms with Gasteiger partial charge in [0.05, 0.1) is 0 Å². The Morgan fingerprint density at radius 2 is 1.87 bits per heavy atom. The molecule has 2 aliphatic rings. The third kappa shape index (κ3) is 2.73. The molecule has 0 spiro atoms. The summed E-state index contributed by atoms with van der Waals surface area (Å²) >= 11 is 0. The van der Waals surface area contributed by atoms with E-state index < -0.39 is 0 Å². The zero-order valence-electron chi connectivity index (χ0n) is 10.2. The molecule has 0 aromatic carbocycles. The van der Waals surface area contributed by atoms with Crippen LogP contribution in [0.1, 0.15) is 46.0 Å². The van der Waals surface area contributed by atoms with E-state index in [1.54, 1.807) is 0 Å². The van der Waals surface area contributed by atoms with E-state index in [9.17, 15) is 5.11 Å². The normalized spacial score (nSPS) is 27.2. The van der Waals surface area contributed by atoms with Crippen molar-refractivity contribution < 1.29 is 5.11 Å². The highest BCUT2D eigenvalue weighted by Gasteiger charge is 2.39. The molecule has 1 aliphatic heterocycles.